The summed E-state index contributed by atoms with van der Waals surface area (Å²) in [4.78, 5) is 11.3. The van der Waals surface area contributed by atoms with Gasteiger partial charge in [0.1, 0.15) is 6.54 Å². The van der Waals surface area contributed by atoms with Crippen molar-refractivity contribution in [3.63, 3.8) is 0 Å². The Balaban J connectivity index is 2.98. The van der Waals surface area contributed by atoms with Crippen LogP contribution in [0.5, 0.6) is 0 Å². The smallest absolute Gasteiger partial charge is 0.321 e. The summed E-state index contributed by atoms with van der Waals surface area (Å²) in [5, 5.41) is 0. The molecule has 0 saturated heterocycles. The van der Waals surface area contributed by atoms with E-state index in [1.807, 2.05) is 0 Å². The number of hydrogen-bond donors (Lipinski definition) is 0. The molecule has 1 aromatic heterocycles. The number of methoxy groups -OCH3 is 1. The molecule has 0 bridgehead atoms. The molecule has 1 aromatic rings. The van der Waals surface area contributed by atoms with E-state index in [1.54, 1.807) is 24.7 Å². The molecule has 17 heavy (non-hydrogen) atoms. The van der Waals surface area contributed by atoms with Gasteiger partial charge in [0.05, 0.1) is 12.0 Å². The van der Waals surface area contributed by atoms with Crippen molar-refractivity contribution in [1.29, 1.82) is 0 Å². The van der Waals surface area contributed by atoms with E-state index in [4.69, 9.17) is 0 Å². The Morgan fingerprint density at radius 2 is 2.18 bits per heavy atom. The van der Waals surface area contributed by atoms with Crippen LogP contribution in [0.15, 0.2) is 23.4 Å². The van der Waals surface area contributed by atoms with Crippen LogP contribution in [0.3, 0.4) is 0 Å². The predicted molar refractivity (Wildman–Crippen MR) is 61.9 cm³/mol. The molecule has 1 heterocycles. The lowest BCUT2D eigenvalue weighted by molar-refractivity contribution is -0.140. The van der Waals surface area contributed by atoms with Gasteiger partial charge in [-0.15, -0.1) is 0 Å². The molecule has 0 amide bonds. The van der Waals surface area contributed by atoms with Crippen LogP contribution in [0.25, 0.3) is 0 Å². The van der Waals surface area contributed by atoms with E-state index in [-0.39, 0.29) is 18.0 Å². The number of esters is 1. The maximum Gasteiger partial charge on any atom is 0.321 e. The number of nitrogens with zero attached hydrogens (tertiary/aromatic N) is 2. The second-order valence-electron chi connectivity index (χ2n) is 3.52. The average Bonchev–Trinajstić information content (AvgIpc) is 2.72. The largest absolute Gasteiger partial charge is 0.468 e. The molecular formula is C10H16N2O4S. The number of carbonyl (C=O) groups is 1. The highest BCUT2D eigenvalue weighted by Gasteiger charge is 2.26. The van der Waals surface area contributed by atoms with Crippen molar-refractivity contribution in [3.8, 4) is 0 Å². The van der Waals surface area contributed by atoms with Gasteiger partial charge in [-0.25, -0.2) is 8.42 Å². The van der Waals surface area contributed by atoms with E-state index in [0.29, 0.717) is 0 Å². The summed E-state index contributed by atoms with van der Waals surface area (Å²) in [6.45, 7) is 1.61. The Hall–Kier alpha value is -1.34. The molecule has 0 aliphatic rings. The van der Waals surface area contributed by atoms with Crippen LogP contribution >= 0.6 is 0 Å². The molecule has 96 valence electrons. The van der Waals surface area contributed by atoms with E-state index in [2.05, 4.69) is 4.74 Å². The van der Waals surface area contributed by atoms with Crippen molar-refractivity contribution < 1.29 is 17.9 Å². The third-order valence-electron chi connectivity index (χ3n) is 2.33. The standard InChI is InChI=1S/C10H16N2O4S/c1-4-12(8-10(13)16-3)17(14,15)9-5-6-11(2)7-9/h5-7H,4,8H2,1-3H3. The number of aryl methyl sites for hydroxylation is 1. The fourth-order valence-corrected chi connectivity index (χ4v) is 2.80. The van der Waals surface area contributed by atoms with E-state index in [0.717, 1.165) is 4.31 Å². The highest BCUT2D eigenvalue weighted by atomic mass is 32.2. The van der Waals surface area contributed by atoms with Gasteiger partial charge in [-0.3, -0.25) is 4.79 Å². The lowest BCUT2D eigenvalue weighted by atomic mass is 10.6. The summed E-state index contributed by atoms with van der Waals surface area (Å²) >= 11 is 0. The molecule has 7 heteroatoms. The van der Waals surface area contributed by atoms with Crippen LogP contribution in [0.2, 0.25) is 0 Å². The fraction of sp³-hybridized carbons (Fsp3) is 0.500. The normalized spacial score (nSPS) is 11.8. The van der Waals surface area contributed by atoms with Gasteiger partial charge in [0.25, 0.3) is 0 Å². The lowest BCUT2D eigenvalue weighted by Crippen LogP contribution is -2.35. The predicted octanol–water partition coefficient (Wildman–Crippen LogP) is 0.209. The number of likely N-dealkylation sites (N-methyl/N-ethyl adjacent to an activating group) is 1. The highest BCUT2D eigenvalue weighted by molar-refractivity contribution is 7.89. The Bertz CT molecular complexity index is 492. The van der Waals surface area contributed by atoms with Crippen LogP contribution in [0, 0.1) is 0 Å². The molecule has 0 atom stereocenters. The number of carbonyl (C=O) groups excluding carboxylic acids is 1. The highest BCUT2D eigenvalue weighted by Crippen LogP contribution is 2.15. The van der Waals surface area contributed by atoms with Crippen LogP contribution in [-0.4, -0.2) is 43.5 Å². The zero-order valence-electron chi connectivity index (χ0n) is 10.1. The molecule has 0 radical (unpaired) electrons. The summed E-state index contributed by atoms with van der Waals surface area (Å²) in [6, 6.07) is 1.50. The molecular weight excluding hydrogens is 244 g/mol. The molecule has 1 rings (SSSR count). The van der Waals surface area contributed by atoms with Crippen LogP contribution < -0.4 is 0 Å². The zero-order chi connectivity index (χ0) is 13.1. The molecule has 0 N–H and O–H groups in total. The molecule has 0 aliphatic carbocycles. The van der Waals surface area contributed by atoms with Gasteiger partial charge in [-0.05, 0) is 6.07 Å². The minimum Gasteiger partial charge on any atom is -0.468 e. The summed E-state index contributed by atoms with van der Waals surface area (Å²) in [5.41, 5.74) is 0. The van der Waals surface area contributed by atoms with E-state index < -0.39 is 16.0 Å². The van der Waals surface area contributed by atoms with E-state index in [9.17, 15) is 13.2 Å². The average molecular weight is 260 g/mol. The molecule has 0 aliphatic heterocycles. The summed E-state index contributed by atoms with van der Waals surface area (Å²) in [6.07, 6.45) is 3.13. The van der Waals surface area contributed by atoms with Crippen molar-refractivity contribution in [2.24, 2.45) is 7.05 Å². The van der Waals surface area contributed by atoms with E-state index in [1.165, 1.54) is 19.4 Å². The third kappa shape index (κ3) is 3.07. The minimum absolute atomic E-state index is 0.172. The number of hydrogen-bond acceptors (Lipinski definition) is 4. The van der Waals surface area contributed by atoms with Crippen LogP contribution in [0.1, 0.15) is 6.92 Å². The van der Waals surface area contributed by atoms with Gasteiger partial charge in [0, 0.05) is 26.0 Å². The maximum atomic E-state index is 12.1. The Labute approximate surface area is 101 Å². The monoisotopic (exact) mass is 260 g/mol. The summed E-state index contributed by atoms with van der Waals surface area (Å²) in [5.74, 6) is -0.577. The number of sulfonamides is 1. The van der Waals surface area contributed by atoms with Crippen molar-refractivity contribution in [2.75, 3.05) is 20.2 Å². The molecule has 0 spiro atoms. The van der Waals surface area contributed by atoms with Gasteiger partial charge >= 0.3 is 5.97 Å². The number of aromatic nitrogens is 1. The van der Waals surface area contributed by atoms with Gasteiger partial charge in [0.2, 0.25) is 10.0 Å². The summed E-state index contributed by atoms with van der Waals surface area (Å²) < 4.78 is 31.4. The molecule has 6 nitrogen and oxygen atoms in total. The quantitative estimate of drug-likeness (QED) is 0.710. The first-order chi connectivity index (χ1) is 7.91. The Morgan fingerprint density at radius 3 is 2.59 bits per heavy atom. The first-order valence-electron chi connectivity index (χ1n) is 5.10. The van der Waals surface area contributed by atoms with Crippen LogP contribution in [-0.2, 0) is 26.6 Å². The first-order valence-corrected chi connectivity index (χ1v) is 6.54. The maximum absolute atomic E-state index is 12.1. The Morgan fingerprint density at radius 1 is 1.53 bits per heavy atom. The van der Waals surface area contributed by atoms with E-state index >= 15 is 0 Å². The third-order valence-corrected chi connectivity index (χ3v) is 4.23. The van der Waals surface area contributed by atoms with Crippen molar-refractivity contribution >= 4 is 16.0 Å². The number of rotatable bonds is 5. The van der Waals surface area contributed by atoms with Crippen molar-refractivity contribution in [2.45, 2.75) is 11.8 Å². The first kappa shape index (κ1) is 13.7. The molecule has 0 fully saturated rings. The number of ether oxygens (including phenoxy) is 1. The van der Waals surface area contributed by atoms with Crippen LogP contribution in [0.4, 0.5) is 0 Å². The second kappa shape index (κ2) is 5.33. The molecule has 0 saturated carbocycles. The van der Waals surface area contributed by atoms with Gasteiger partial charge in [-0.1, -0.05) is 6.92 Å². The SMILES string of the molecule is CCN(CC(=O)OC)S(=O)(=O)c1ccn(C)c1. The minimum atomic E-state index is -3.62. The lowest BCUT2D eigenvalue weighted by Gasteiger charge is -2.18. The zero-order valence-corrected chi connectivity index (χ0v) is 10.9. The molecule has 0 unspecified atom stereocenters. The Kier molecular flexibility index (Phi) is 4.30. The van der Waals surface area contributed by atoms with Gasteiger partial charge in [-0.2, -0.15) is 4.31 Å². The second-order valence-corrected chi connectivity index (χ2v) is 5.46. The van der Waals surface area contributed by atoms with Crippen molar-refractivity contribution in [1.82, 2.24) is 8.87 Å². The molecule has 0 aromatic carbocycles. The van der Waals surface area contributed by atoms with Gasteiger partial charge in [0.15, 0.2) is 0 Å². The topological polar surface area (TPSA) is 68.6 Å². The van der Waals surface area contributed by atoms with Gasteiger partial charge < -0.3 is 9.30 Å². The van der Waals surface area contributed by atoms with Crippen molar-refractivity contribution in [3.05, 3.63) is 18.5 Å². The summed E-state index contributed by atoms with van der Waals surface area (Å²) in [7, 11) is -0.665. The fourth-order valence-electron chi connectivity index (χ4n) is 1.35.